The van der Waals surface area contributed by atoms with Gasteiger partial charge in [0.2, 0.25) is 5.91 Å². The van der Waals surface area contributed by atoms with E-state index in [1.54, 1.807) is 17.0 Å². The summed E-state index contributed by atoms with van der Waals surface area (Å²) in [6, 6.07) is 4.36. The number of aromatic carboxylic acids is 1. The van der Waals surface area contributed by atoms with Crippen molar-refractivity contribution in [2.24, 2.45) is 5.73 Å². The molecule has 0 aromatic carbocycles. The molecule has 2 heterocycles. The second kappa shape index (κ2) is 5.03. The van der Waals surface area contributed by atoms with Crippen LogP contribution in [-0.2, 0) is 4.79 Å². The van der Waals surface area contributed by atoms with E-state index in [4.69, 9.17) is 10.8 Å². The van der Waals surface area contributed by atoms with E-state index in [0.29, 0.717) is 18.8 Å². The molecule has 6 heteroatoms. The Morgan fingerprint density at radius 1 is 1.39 bits per heavy atom. The normalized spacial score (nSPS) is 19.6. The van der Waals surface area contributed by atoms with Crippen LogP contribution < -0.4 is 10.6 Å². The van der Waals surface area contributed by atoms with Crippen LogP contribution in [0.2, 0.25) is 0 Å². The summed E-state index contributed by atoms with van der Waals surface area (Å²) < 4.78 is 0. The number of carboxylic acid groups (broad SMARTS) is 1. The van der Waals surface area contributed by atoms with Crippen LogP contribution in [0.25, 0.3) is 0 Å². The van der Waals surface area contributed by atoms with Gasteiger partial charge in [0.25, 0.3) is 0 Å². The highest BCUT2D eigenvalue weighted by Crippen LogP contribution is 2.23. The Bertz CT molecular complexity index is 475. The molecule has 6 nitrogen and oxygen atoms in total. The van der Waals surface area contributed by atoms with Gasteiger partial charge in [-0.25, -0.2) is 9.78 Å². The van der Waals surface area contributed by atoms with Crippen molar-refractivity contribution in [3.8, 4) is 0 Å². The largest absolute Gasteiger partial charge is 0.477 e. The Balaban J connectivity index is 2.30. The molecule has 0 saturated carbocycles. The van der Waals surface area contributed by atoms with Crippen molar-refractivity contribution >= 4 is 17.7 Å². The number of carbonyl (C=O) groups is 2. The number of amides is 1. The second-order valence-corrected chi connectivity index (χ2v) is 4.29. The second-order valence-electron chi connectivity index (χ2n) is 4.29. The first-order valence-corrected chi connectivity index (χ1v) is 5.86. The van der Waals surface area contributed by atoms with Crippen LogP contribution in [-0.4, -0.2) is 34.6 Å². The number of piperidine rings is 1. The zero-order chi connectivity index (χ0) is 13.1. The van der Waals surface area contributed by atoms with Gasteiger partial charge in [-0.15, -0.1) is 0 Å². The van der Waals surface area contributed by atoms with Crippen molar-refractivity contribution in [2.75, 3.05) is 11.4 Å². The highest BCUT2D eigenvalue weighted by molar-refractivity contribution is 5.86. The van der Waals surface area contributed by atoms with E-state index in [2.05, 4.69) is 4.98 Å². The number of aromatic nitrogens is 1. The molecular weight excluding hydrogens is 234 g/mol. The average Bonchev–Trinajstić information content (AvgIpc) is 2.39. The van der Waals surface area contributed by atoms with Gasteiger partial charge in [-0.1, -0.05) is 6.07 Å². The first-order valence-electron chi connectivity index (χ1n) is 5.86. The number of primary amides is 1. The van der Waals surface area contributed by atoms with Crippen LogP contribution in [0.3, 0.4) is 0 Å². The molecule has 0 aliphatic carbocycles. The number of nitrogens with zero attached hydrogens (tertiary/aromatic N) is 2. The topological polar surface area (TPSA) is 96.5 Å². The van der Waals surface area contributed by atoms with Crippen LogP contribution in [0.5, 0.6) is 0 Å². The molecule has 1 aliphatic heterocycles. The number of carbonyl (C=O) groups excluding carboxylic acids is 1. The predicted molar refractivity (Wildman–Crippen MR) is 65.4 cm³/mol. The van der Waals surface area contributed by atoms with Crippen LogP contribution in [0.1, 0.15) is 29.8 Å². The minimum atomic E-state index is -1.08. The molecule has 1 aromatic rings. The summed E-state index contributed by atoms with van der Waals surface area (Å²) in [5.41, 5.74) is 5.34. The molecule has 0 bridgehead atoms. The van der Waals surface area contributed by atoms with Gasteiger partial charge in [0.15, 0.2) is 5.69 Å². The zero-order valence-electron chi connectivity index (χ0n) is 9.87. The van der Waals surface area contributed by atoms with Gasteiger partial charge in [0.05, 0.1) is 0 Å². The molecule has 1 atom stereocenters. The molecule has 18 heavy (non-hydrogen) atoms. The smallest absolute Gasteiger partial charge is 0.354 e. The highest BCUT2D eigenvalue weighted by atomic mass is 16.4. The minimum Gasteiger partial charge on any atom is -0.477 e. The number of rotatable bonds is 3. The summed E-state index contributed by atoms with van der Waals surface area (Å²) in [7, 11) is 0. The third-order valence-electron chi connectivity index (χ3n) is 3.08. The van der Waals surface area contributed by atoms with E-state index in [1.807, 2.05) is 0 Å². The molecule has 96 valence electrons. The third-order valence-corrected chi connectivity index (χ3v) is 3.08. The number of carboxylic acids is 1. The maximum absolute atomic E-state index is 11.4. The molecular formula is C12H15N3O3. The lowest BCUT2D eigenvalue weighted by Gasteiger charge is -2.34. The van der Waals surface area contributed by atoms with E-state index in [0.717, 1.165) is 12.8 Å². The highest BCUT2D eigenvalue weighted by Gasteiger charge is 2.28. The van der Waals surface area contributed by atoms with Crippen molar-refractivity contribution in [1.29, 1.82) is 0 Å². The lowest BCUT2D eigenvalue weighted by atomic mass is 10.0. The molecule has 1 aliphatic rings. The monoisotopic (exact) mass is 249 g/mol. The van der Waals surface area contributed by atoms with E-state index in [1.165, 1.54) is 6.07 Å². The molecule has 3 N–H and O–H groups in total. The van der Waals surface area contributed by atoms with Gasteiger partial charge in [-0.3, -0.25) is 4.79 Å². The van der Waals surface area contributed by atoms with Gasteiger partial charge in [-0.05, 0) is 31.4 Å². The Hall–Kier alpha value is -2.11. The first-order chi connectivity index (χ1) is 8.59. The maximum Gasteiger partial charge on any atom is 0.354 e. The standard InChI is InChI=1S/C12H15N3O3/c13-11(16)9-5-1-2-7-15(9)10-6-3-4-8(14-10)12(17)18/h3-4,6,9H,1-2,5,7H2,(H2,13,16)(H,17,18). The summed E-state index contributed by atoms with van der Waals surface area (Å²) in [5.74, 6) is -0.972. The average molecular weight is 249 g/mol. The van der Waals surface area contributed by atoms with Crippen molar-refractivity contribution < 1.29 is 14.7 Å². The van der Waals surface area contributed by atoms with Gasteiger partial charge >= 0.3 is 5.97 Å². The zero-order valence-corrected chi connectivity index (χ0v) is 9.87. The Morgan fingerprint density at radius 3 is 2.83 bits per heavy atom. The Kier molecular flexibility index (Phi) is 3.45. The fourth-order valence-corrected chi connectivity index (χ4v) is 2.20. The first kappa shape index (κ1) is 12.3. The number of anilines is 1. The van der Waals surface area contributed by atoms with E-state index < -0.39 is 17.9 Å². The van der Waals surface area contributed by atoms with Crippen molar-refractivity contribution in [2.45, 2.75) is 25.3 Å². The Morgan fingerprint density at radius 2 is 2.17 bits per heavy atom. The molecule has 1 fully saturated rings. The molecule has 2 rings (SSSR count). The SMILES string of the molecule is NC(=O)C1CCCCN1c1cccc(C(=O)O)n1. The molecule has 1 amide bonds. The van der Waals surface area contributed by atoms with Crippen molar-refractivity contribution in [3.63, 3.8) is 0 Å². The van der Waals surface area contributed by atoms with Crippen LogP contribution in [0.4, 0.5) is 5.82 Å². The number of hydrogen-bond donors (Lipinski definition) is 2. The number of hydrogen-bond acceptors (Lipinski definition) is 4. The van der Waals surface area contributed by atoms with Crippen LogP contribution >= 0.6 is 0 Å². The van der Waals surface area contributed by atoms with Gasteiger partial charge in [-0.2, -0.15) is 0 Å². The van der Waals surface area contributed by atoms with Gasteiger partial charge in [0, 0.05) is 6.54 Å². The van der Waals surface area contributed by atoms with E-state index >= 15 is 0 Å². The Labute approximate surface area is 104 Å². The van der Waals surface area contributed by atoms with Crippen LogP contribution in [0.15, 0.2) is 18.2 Å². The predicted octanol–water partition coefficient (Wildman–Crippen LogP) is 0.624. The molecule has 0 spiro atoms. The summed E-state index contributed by atoms with van der Waals surface area (Å²) >= 11 is 0. The van der Waals surface area contributed by atoms with Gasteiger partial charge < -0.3 is 15.7 Å². The fraction of sp³-hybridized carbons (Fsp3) is 0.417. The number of pyridine rings is 1. The van der Waals surface area contributed by atoms with Crippen molar-refractivity contribution in [1.82, 2.24) is 4.98 Å². The van der Waals surface area contributed by atoms with Crippen molar-refractivity contribution in [3.05, 3.63) is 23.9 Å². The maximum atomic E-state index is 11.4. The summed E-state index contributed by atoms with van der Waals surface area (Å²) in [5, 5.41) is 8.91. The quantitative estimate of drug-likeness (QED) is 0.818. The third kappa shape index (κ3) is 2.42. The lowest BCUT2D eigenvalue weighted by molar-refractivity contribution is -0.119. The molecule has 0 radical (unpaired) electrons. The van der Waals surface area contributed by atoms with E-state index in [-0.39, 0.29) is 5.69 Å². The van der Waals surface area contributed by atoms with Gasteiger partial charge in [0.1, 0.15) is 11.9 Å². The summed E-state index contributed by atoms with van der Waals surface area (Å²) in [6.07, 6.45) is 2.58. The minimum absolute atomic E-state index is 0.0266. The molecule has 1 unspecified atom stereocenters. The summed E-state index contributed by atoms with van der Waals surface area (Å²) in [6.45, 7) is 0.670. The summed E-state index contributed by atoms with van der Waals surface area (Å²) in [4.78, 5) is 28.1. The molecule has 1 aromatic heterocycles. The lowest BCUT2D eigenvalue weighted by Crippen LogP contribution is -2.48. The van der Waals surface area contributed by atoms with E-state index in [9.17, 15) is 9.59 Å². The number of nitrogens with two attached hydrogens (primary N) is 1. The fourth-order valence-electron chi connectivity index (χ4n) is 2.20. The molecule has 1 saturated heterocycles. The van der Waals surface area contributed by atoms with Crippen LogP contribution in [0, 0.1) is 0 Å².